The Morgan fingerprint density at radius 1 is 0.857 bits per heavy atom. The van der Waals surface area contributed by atoms with E-state index in [1.165, 1.54) is 24.3 Å². The van der Waals surface area contributed by atoms with Gasteiger partial charge in [-0.2, -0.15) is 0 Å². The lowest BCUT2D eigenvalue weighted by Gasteiger charge is -2.28. The van der Waals surface area contributed by atoms with Crippen LogP contribution in [0.3, 0.4) is 0 Å². The Morgan fingerprint density at radius 3 is 2.17 bits per heavy atom. The molecule has 35 heavy (non-hydrogen) atoms. The van der Waals surface area contributed by atoms with Crippen molar-refractivity contribution in [1.29, 1.82) is 0 Å². The molecule has 0 radical (unpaired) electrons. The number of anilines is 2. The summed E-state index contributed by atoms with van der Waals surface area (Å²) in [4.78, 5) is 27.9. The number of para-hydroxylation sites is 1. The van der Waals surface area contributed by atoms with Gasteiger partial charge in [-0.3, -0.25) is 13.9 Å². The van der Waals surface area contributed by atoms with Crippen molar-refractivity contribution in [2.75, 3.05) is 29.3 Å². The average molecular weight is 496 g/mol. The van der Waals surface area contributed by atoms with E-state index in [0.29, 0.717) is 24.3 Å². The van der Waals surface area contributed by atoms with Crippen molar-refractivity contribution in [3.8, 4) is 0 Å². The fraction of sp³-hybridized carbons (Fsp3) is 0.231. The molecule has 1 saturated heterocycles. The van der Waals surface area contributed by atoms with Crippen LogP contribution in [-0.4, -0.2) is 44.8 Å². The molecule has 1 fully saturated rings. The second-order valence-corrected chi connectivity index (χ2v) is 10.1. The molecule has 0 aliphatic carbocycles. The molecule has 3 aromatic rings. The van der Waals surface area contributed by atoms with Crippen molar-refractivity contribution in [2.24, 2.45) is 0 Å². The van der Waals surface area contributed by atoms with Crippen LogP contribution in [0.2, 0.25) is 0 Å². The maximum Gasteiger partial charge on any atom is 0.264 e. The molecule has 1 heterocycles. The van der Waals surface area contributed by atoms with E-state index in [1.807, 2.05) is 0 Å². The maximum atomic E-state index is 13.5. The van der Waals surface area contributed by atoms with Gasteiger partial charge in [0.15, 0.2) is 0 Å². The van der Waals surface area contributed by atoms with Crippen LogP contribution < -0.4 is 9.62 Å². The van der Waals surface area contributed by atoms with Gasteiger partial charge in [0.05, 0.1) is 21.8 Å². The summed E-state index contributed by atoms with van der Waals surface area (Å²) in [6, 6.07) is 19.2. The van der Waals surface area contributed by atoms with Crippen molar-refractivity contribution in [3.05, 3.63) is 90.2 Å². The maximum absolute atomic E-state index is 13.5. The van der Waals surface area contributed by atoms with E-state index in [0.717, 1.165) is 35.7 Å². The molecule has 7 nitrogen and oxygen atoms in total. The van der Waals surface area contributed by atoms with Crippen LogP contribution in [0.5, 0.6) is 0 Å². The number of carbonyl (C=O) groups is 2. The third kappa shape index (κ3) is 5.68. The number of nitrogens with one attached hydrogen (secondary N) is 1. The van der Waals surface area contributed by atoms with Gasteiger partial charge in [-0.1, -0.05) is 30.3 Å². The minimum absolute atomic E-state index is 0.00204. The molecule has 0 atom stereocenters. The molecule has 0 aromatic heterocycles. The van der Waals surface area contributed by atoms with Gasteiger partial charge in [-0.05, 0) is 67.8 Å². The van der Waals surface area contributed by atoms with E-state index in [1.54, 1.807) is 47.4 Å². The summed E-state index contributed by atoms with van der Waals surface area (Å²) in [7, 11) is -4.12. The summed E-state index contributed by atoms with van der Waals surface area (Å²) in [5.41, 5.74) is 0.800. The highest BCUT2D eigenvalue weighted by atomic mass is 32.2. The van der Waals surface area contributed by atoms with Gasteiger partial charge in [0, 0.05) is 13.1 Å². The highest BCUT2D eigenvalue weighted by molar-refractivity contribution is 7.92. The first kappa shape index (κ1) is 24.4. The van der Waals surface area contributed by atoms with Crippen LogP contribution in [0.1, 0.15) is 29.6 Å². The second kappa shape index (κ2) is 10.7. The monoisotopic (exact) mass is 495 g/mol. The van der Waals surface area contributed by atoms with Crippen LogP contribution >= 0.6 is 0 Å². The van der Waals surface area contributed by atoms with Crippen molar-refractivity contribution < 1.29 is 22.4 Å². The molecule has 3 aromatic carbocycles. The largest absolute Gasteiger partial charge is 0.339 e. The van der Waals surface area contributed by atoms with Crippen LogP contribution in [0, 0.1) is 5.82 Å². The topological polar surface area (TPSA) is 86.8 Å². The standard InChI is InChI=1S/C26H26FN3O4S/c27-20-13-15-21(16-14-20)30(35(33,34)22-9-3-1-4-10-22)19-25(31)28-24-12-6-5-11-23(24)26(32)29-17-7-2-8-18-29/h1,3-6,9-16H,2,7-8,17-19H2,(H,28,31). The Kier molecular flexibility index (Phi) is 7.45. The molecule has 0 unspecified atom stereocenters. The molecule has 0 spiro atoms. The summed E-state index contributed by atoms with van der Waals surface area (Å²) >= 11 is 0. The van der Waals surface area contributed by atoms with Crippen LogP contribution in [-0.2, 0) is 14.8 Å². The number of rotatable bonds is 7. The molecule has 1 N–H and O–H groups in total. The zero-order valence-corrected chi connectivity index (χ0v) is 19.9. The van der Waals surface area contributed by atoms with Gasteiger partial charge in [0.25, 0.3) is 15.9 Å². The molecule has 0 bridgehead atoms. The van der Waals surface area contributed by atoms with Crippen LogP contribution in [0.15, 0.2) is 83.8 Å². The first-order chi connectivity index (χ1) is 16.9. The number of sulfonamides is 1. The highest BCUT2D eigenvalue weighted by Gasteiger charge is 2.28. The number of halogens is 1. The Balaban J connectivity index is 1.60. The van der Waals surface area contributed by atoms with E-state index in [-0.39, 0.29) is 16.5 Å². The predicted molar refractivity (Wildman–Crippen MR) is 132 cm³/mol. The smallest absolute Gasteiger partial charge is 0.264 e. The van der Waals surface area contributed by atoms with Gasteiger partial charge >= 0.3 is 0 Å². The third-order valence-electron chi connectivity index (χ3n) is 5.81. The van der Waals surface area contributed by atoms with Gasteiger partial charge < -0.3 is 10.2 Å². The molecular formula is C26H26FN3O4S. The summed E-state index contributed by atoms with van der Waals surface area (Å²) in [5, 5.41) is 2.70. The first-order valence-electron chi connectivity index (χ1n) is 11.4. The lowest BCUT2D eigenvalue weighted by molar-refractivity contribution is -0.114. The lowest BCUT2D eigenvalue weighted by Crippen LogP contribution is -2.39. The van der Waals surface area contributed by atoms with E-state index in [9.17, 15) is 22.4 Å². The quantitative estimate of drug-likeness (QED) is 0.530. The Bertz CT molecular complexity index is 1290. The molecule has 4 rings (SSSR count). The predicted octanol–water partition coefficient (Wildman–Crippen LogP) is 4.29. The number of hydrogen-bond acceptors (Lipinski definition) is 4. The second-order valence-electron chi connectivity index (χ2n) is 8.25. The third-order valence-corrected chi connectivity index (χ3v) is 7.60. The molecule has 9 heteroatoms. The zero-order valence-electron chi connectivity index (χ0n) is 19.1. The minimum atomic E-state index is -4.12. The van der Waals surface area contributed by atoms with E-state index in [4.69, 9.17) is 0 Å². The van der Waals surface area contributed by atoms with E-state index < -0.39 is 28.3 Å². The fourth-order valence-corrected chi connectivity index (χ4v) is 5.45. The normalized spacial score (nSPS) is 13.8. The Labute approximate surface area is 204 Å². The first-order valence-corrected chi connectivity index (χ1v) is 12.8. The Morgan fingerprint density at radius 2 is 1.49 bits per heavy atom. The van der Waals surface area contributed by atoms with Crippen LogP contribution in [0.4, 0.5) is 15.8 Å². The van der Waals surface area contributed by atoms with Crippen LogP contribution in [0.25, 0.3) is 0 Å². The summed E-state index contributed by atoms with van der Waals surface area (Å²) < 4.78 is 41.2. The van der Waals surface area contributed by atoms with Crippen molar-refractivity contribution >= 4 is 33.2 Å². The van der Waals surface area contributed by atoms with Gasteiger partial charge in [-0.25, -0.2) is 12.8 Å². The number of nitrogens with zero attached hydrogens (tertiary/aromatic N) is 2. The highest BCUT2D eigenvalue weighted by Crippen LogP contribution is 2.25. The minimum Gasteiger partial charge on any atom is -0.339 e. The van der Waals surface area contributed by atoms with Gasteiger partial charge in [-0.15, -0.1) is 0 Å². The molecular weight excluding hydrogens is 469 g/mol. The van der Waals surface area contributed by atoms with E-state index in [2.05, 4.69) is 5.32 Å². The van der Waals surface area contributed by atoms with Crippen molar-refractivity contribution in [3.63, 3.8) is 0 Å². The fourth-order valence-electron chi connectivity index (χ4n) is 4.01. The number of hydrogen-bond donors (Lipinski definition) is 1. The number of amides is 2. The number of likely N-dealkylation sites (tertiary alicyclic amines) is 1. The van der Waals surface area contributed by atoms with Crippen molar-refractivity contribution in [1.82, 2.24) is 4.90 Å². The number of piperidine rings is 1. The average Bonchev–Trinajstić information content (AvgIpc) is 2.89. The summed E-state index contributed by atoms with van der Waals surface area (Å²) in [6.07, 6.45) is 2.95. The lowest BCUT2D eigenvalue weighted by atomic mass is 10.1. The summed E-state index contributed by atoms with van der Waals surface area (Å²) in [5.74, 6) is -1.33. The molecule has 0 saturated carbocycles. The number of carbonyl (C=O) groups excluding carboxylic acids is 2. The van der Waals surface area contributed by atoms with Gasteiger partial charge in [0.2, 0.25) is 5.91 Å². The number of benzene rings is 3. The molecule has 1 aliphatic heterocycles. The Hall–Kier alpha value is -3.72. The van der Waals surface area contributed by atoms with E-state index >= 15 is 0 Å². The summed E-state index contributed by atoms with van der Waals surface area (Å²) in [6.45, 7) is 0.763. The zero-order chi connectivity index (χ0) is 24.8. The molecule has 182 valence electrons. The van der Waals surface area contributed by atoms with Crippen molar-refractivity contribution in [2.45, 2.75) is 24.2 Å². The van der Waals surface area contributed by atoms with Gasteiger partial charge in [0.1, 0.15) is 12.4 Å². The molecule has 2 amide bonds. The molecule has 1 aliphatic rings. The SMILES string of the molecule is O=C(CN(c1ccc(F)cc1)S(=O)(=O)c1ccccc1)Nc1ccccc1C(=O)N1CCCCC1.